The SMILES string of the molecule is C[C@@]1(C2CCN(Cc3cccn3-c3ccc(Cl)cn3)CC2)NC(=O)N(Cc2ccc(F)cc2)C1=O. The average Bonchev–Trinajstić information content (AvgIpc) is 3.40. The highest BCUT2D eigenvalue weighted by Crippen LogP contribution is 2.34. The zero-order valence-electron chi connectivity index (χ0n) is 19.5. The van der Waals surface area contributed by atoms with Gasteiger partial charge in [-0.25, -0.2) is 14.2 Å². The molecule has 3 amide bonds. The summed E-state index contributed by atoms with van der Waals surface area (Å²) in [4.78, 5) is 34.0. The number of urea groups is 1. The van der Waals surface area contributed by atoms with E-state index in [-0.39, 0.29) is 24.2 Å². The third kappa shape index (κ3) is 4.68. The van der Waals surface area contributed by atoms with Gasteiger partial charge in [-0.05, 0) is 80.7 Å². The normalized spacial score (nSPS) is 21.5. The number of pyridine rings is 1. The van der Waals surface area contributed by atoms with Crippen LogP contribution in [0.3, 0.4) is 0 Å². The molecule has 0 bridgehead atoms. The first-order valence-corrected chi connectivity index (χ1v) is 12.1. The summed E-state index contributed by atoms with van der Waals surface area (Å²) < 4.78 is 15.3. The van der Waals surface area contributed by atoms with E-state index in [2.05, 4.69) is 25.8 Å². The van der Waals surface area contributed by atoms with Gasteiger partial charge in [0.2, 0.25) is 0 Å². The number of halogens is 2. The number of aromatic nitrogens is 2. The van der Waals surface area contributed by atoms with Crippen LogP contribution in [-0.4, -0.2) is 49.9 Å². The molecule has 1 N–H and O–H groups in total. The Morgan fingerprint density at radius 2 is 1.83 bits per heavy atom. The van der Waals surface area contributed by atoms with Crippen LogP contribution in [0, 0.1) is 11.7 Å². The van der Waals surface area contributed by atoms with E-state index in [1.54, 1.807) is 18.3 Å². The lowest BCUT2D eigenvalue weighted by molar-refractivity contribution is -0.133. The van der Waals surface area contributed by atoms with E-state index >= 15 is 0 Å². The maximum atomic E-state index is 13.3. The summed E-state index contributed by atoms with van der Waals surface area (Å²) in [6, 6.07) is 13.3. The van der Waals surface area contributed by atoms with Crippen LogP contribution in [-0.2, 0) is 17.9 Å². The first kappa shape index (κ1) is 23.5. The summed E-state index contributed by atoms with van der Waals surface area (Å²) in [6.07, 6.45) is 5.22. The molecular formula is C26H27ClFN5O2. The van der Waals surface area contributed by atoms with Gasteiger partial charge in [-0.15, -0.1) is 0 Å². The molecule has 35 heavy (non-hydrogen) atoms. The van der Waals surface area contributed by atoms with Crippen molar-refractivity contribution in [3.63, 3.8) is 0 Å². The van der Waals surface area contributed by atoms with Crippen molar-refractivity contribution >= 4 is 23.5 Å². The van der Waals surface area contributed by atoms with Crippen LogP contribution in [0.1, 0.15) is 31.0 Å². The van der Waals surface area contributed by atoms with Crippen LogP contribution in [0.4, 0.5) is 9.18 Å². The molecule has 2 aliphatic heterocycles. The van der Waals surface area contributed by atoms with Gasteiger partial charge in [-0.3, -0.25) is 14.6 Å². The molecule has 2 aliphatic rings. The van der Waals surface area contributed by atoms with E-state index in [9.17, 15) is 14.0 Å². The number of carbonyl (C=O) groups is 2. The smallest absolute Gasteiger partial charge is 0.323 e. The summed E-state index contributed by atoms with van der Waals surface area (Å²) in [5.41, 5.74) is 0.906. The van der Waals surface area contributed by atoms with Crippen molar-refractivity contribution in [1.82, 2.24) is 24.7 Å². The molecule has 2 aromatic heterocycles. The second-order valence-corrected chi connectivity index (χ2v) is 9.84. The Bertz CT molecular complexity index is 1220. The molecule has 5 rings (SSSR count). The van der Waals surface area contributed by atoms with E-state index in [0.29, 0.717) is 10.6 Å². The molecule has 2 saturated heterocycles. The Morgan fingerprint density at radius 1 is 1.09 bits per heavy atom. The molecule has 7 nitrogen and oxygen atoms in total. The second-order valence-electron chi connectivity index (χ2n) is 9.40. The fraction of sp³-hybridized carbons (Fsp3) is 0.346. The molecule has 182 valence electrons. The number of nitrogens with one attached hydrogen (secondary N) is 1. The van der Waals surface area contributed by atoms with E-state index in [1.807, 2.05) is 31.3 Å². The minimum atomic E-state index is -0.934. The van der Waals surface area contributed by atoms with Crippen LogP contribution >= 0.6 is 11.6 Å². The topological polar surface area (TPSA) is 70.5 Å². The molecule has 4 heterocycles. The van der Waals surface area contributed by atoms with Crippen molar-refractivity contribution < 1.29 is 14.0 Å². The van der Waals surface area contributed by atoms with Gasteiger partial charge in [0.1, 0.15) is 17.2 Å². The molecule has 1 atom stereocenters. The summed E-state index contributed by atoms with van der Waals surface area (Å²) in [5.74, 6) is 0.294. The maximum Gasteiger partial charge on any atom is 0.325 e. The molecule has 9 heteroatoms. The Hall–Kier alpha value is -3.23. The standard InChI is InChI=1S/C26H27ClFN5O2/c1-26(24(34)33(25(35)30-26)16-18-4-7-21(28)8-5-18)19-10-13-31(14-11-19)17-22-3-2-12-32(22)23-9-6-20(27)15-29-23/h2-9,12,15,19H,10-11,13-14,16-17H2,1H3,(H,30,35)/t26-/m0/s1. The molecule has 0 saturated carbocycles. The van der Waals surface area contributed by atoms with E-state index in [0.717, 1.165) is 44.0 Å². The van der Waals surface area contributed by atoms with Crippen molar-refractivity contribution in [2.24, 2.45) is 5.92 Å². The van der Waals surface area contributed by atoms with Crippen molar-refractivity contribution in [2.45, 2.75) is 38.4 Å². The Balaban J connectivity index is 1.22. The molecule has 0 aliphatic carbocycles. The van der Waals surface area contributed by atoms with Crippen LogP contribution in [0.25, 0.3) is 5.82 Å². The maximum absolute atomic E-state index is 13.3. The molecule has 2 fully saturated rings. The minimum Gasteiger partial charge on any atom is -0.323 e. The lowest BCUT2D eigenvalue weighted by Crippen LogP contribution is -2.53. The van der Waals surface area contributed by atoms with Gasteiger partial charge in [-0.1, -0.05) is 23.7 Å². The number of nitrogens with zero attached hydrogens (tertiary/aromatic N) is 4. The zero-order chi connectivity index (χ0) is 24.6. The monoisotopic (exact) mass is 495 g/mol. The number of imide groups is 1. The summed E-state index contributed by atoms with van der Waals surface area (Å²) in [5, 5.41) is 3.55. The van der Waals surface area contributed by atoms with Crippen molar-refractivity contribution in [1.29, 1.82) is 0 Å². The molecule has 3 aromatic rings. The fourth-order valence-electron chi connectivity index (χ4n) is 5.08. The van der Waals surface area contributed by atoms with Crippen LogP contribution in [0.2, 0.25) is 5.02 Å². The predicted octanol–water partition coefficient (Wildman–Crippen LogP) is 4.39. The minimum absolute atomic E-state index is 0.0399. The van der Waals surface area contributed by atoms with Crippen LogP contribution < -0.4 is 5.32 Å². The van der Waals surface area contributed by atoms with Crippen molar-refractivity contribution in [2.75, 3.05) is 13.1 Å². The highest BCUT2D eigenvalue weighted by Gasteiger charge is 2.52. The Kier molecular flexibility index (Phi) is 6.34. The van der Waals surface area contributed by atoms with Gasteiger partial charge in [-0.2, -0.15) is 0 Å². The van der Waals surface area contributed by atoms with Gasteiger partial charge in [0.25, 0.3) is 5.91 Å². The van der Waals surface area contributed by atoms with Gasteiger partial charge in [0.05, 0.1) is 11.6 Å². The number of hydrogen-bond acceptors (Lipinski definition) is 4. The number of rotatable bonds is 6. The van der Waals surface area contributed by atoms with E-state index < -0.39 is 11.6 Å². The van der Waals surface area contributed by atoms with Crippen molar-refractivity contribution in [3.05, 3.63) is 83.0 Å². The number of piperidine rings is 1. The quantitative estimate of drug-likeness (QED) is 0.515. The summed E-state index contributed by atoms with van der Waals surface area (Å²) in [7, 11) is 0. The highest BCUT2D eigenvalue weighted by molar-refractivity contribution is 6.30. The molecule has 0 radical (unpaired) electrons. The molecule has 1 aromatic carbocycles. The summed E-state index contributed by atoms with van der Waals surface area (Å²) >= 11 is 5.97. The lowest BCUT2D eigenvalue weighted by atomic mass is 9.79. The third-order valence-corrected chi connectivity index (χ3v) is 7.36. The van der Waals surface area contributed by atoms with E-state index in [1.165, 1.54) is 17.0 Å². The zero-order valence-corrected chi connectivity index (χ0v) is 20.2. The number of carbonyl (C=O) groups excluding carboxylic acids is 2. The second kappa shape index (κ2) is 9.43. The molecule has 0 unspecified atom stereocenters. The Morgan fingerprint density at radius 3 is 2.51 bits per heavy atom. The van der Waals surface area contributed by atoms with E-state index in [4.69, 9.17) is 11.6 Å². The van der Waals surface area contributed by atoms with Gasteiger partial charge in [0, 0.05) is 24.6 Å². The number of benzene rings is 1. The van der Waals surface area contributed by atoms with Crippen molar-refractivity contribution in [3.8, 4) is 5.82 Å². The van der Waals surface area contributed by atoms with Gasteiger partial charge >= 0.3 is 6.03 Å². The highest BCUT2D eigenvalue weighted by atomic mass is 35.5. The number of amides is 3. The van der Waals surface area contributed by atoms with Crippen LogP contribution in [0.15, 0.2) is 60.9 Å². The number of hydrogen-bond donors (Lipinski definition) is 1. The lowest BCUT2D eigenvalue weighted by Gasteiger charge is -2.39. The largest absolute Gasteiger partial charge is 0.325 e. The van der Waals surface area contributed by atoms with Gasteiger partial charge < -0.3 is 9.88 Å². The molecular weight excluding hydrogens is 469 g/mol. The summed E-state index contributed by atoms with van der Waals surface area (Å²) in [6.45, 7) is 4.36. The first-order valence-electron chi connectivity index (χ1n) is 11.7. The average molecular weight is 496 g/mol. The predicted molar refractivity (Wildman–Crippen MR) is 130 cm³/mol. The molecule has 0 spiro atoms. The number of likely N-dealkylation sites (tertiary alicyclic amines) is 1. The Labute approximate surface area is 208 Å². The first-order chi connectivity index (χ1) is 16.8. The fourth-order valence-corrected chi connectivity index (χ4v) is 5.20. The third-order valence-electron chi connectivity index (χ3n) is 7.14. The van der Waals surface area contributed by atoms with Crippen LogP contribution in [0.5, 0.6) is 0 Å². The van der Waals surface area contributed by atoms with Gasteiger partial charge in [0.15, 0.2) is 0 Å².